The smallest absolute Gasteiger partial charge is 0.112 e. The van der Waals surface area contributed by atoms with E-state index in [4.69, 9.17) is 5.26 Å². The minimum atomic E-state index is 0.148. The van der Waals surface area contributed by atoms with Crippen LogP contribution in [0.15, 0.2) is 36.5 Å². The summed E-state index contributed by atoms with van der Waals surface area (Å²) in [6, 6.07) is 12.6. The SMILES string of the molecule is Cc1cc(-c2n[nH]c3ccc(N[C@H]4CCCc5cc(C#N)cnc54)cc23)sn1. The Balaban J connectivity index is 1.49. The van der Waals surface area contributed by atoms with E-state index in [1.54, 1.807) is 6.20 Å². The summed E-state index contributed by atoms with van der Waals surface area (Å²) in [5, 5.41) is 21.5. The highest BCUT2D eigenvalue weighted by atomic mass is 32.1. The largest absolute Gasteiger partial charge is 0.377 e. The second kappa shape index (κ2) is 6.73. The molecule has 1 aliphatic rings. The van der Waals surface area contributed by atoms with Gasteiger partial charge in [0.2, 0.25) is 0 Å². The average molecular weight is 386 g/mol. The fraction of sp³-hybridized carbons (Fsp3) is 0.238. The lowest BCUT2D eigenvalue weighted by atomic mass is 9.91. The Labute approximate surface area is 166 Å². The fourth-order valence-electron chi connectivity index (χ4n) is 3.84. The molecule has 0 fully saturated rings. The molecule has 1 atom stereocenters. The molecule has 2 N–H and O–H groups in total. The standard InChI is InChI=1S/C21H18N6S/c1-12-7-19(28-27-12)21-16-9-15(5-6-17(16)25-26-21)24-18-4-2-3-14-8-13(10-22)11-23-20(14)18/h5-9,11,18,24H,2-4H2,1H3,(H,25,26)/t18-/m0/s1. The molecule has 0 aliphatic heterocycles. The van der Waals surface area contributed by atoms with Crippen molar-refractivity contribution in [1.29, 1.82) is 5.26 Å². The van der Waals surface area contributed by atoms with Crippen LogP contribution in [0.1, 0.15) is 41.4 Å². The summed E-state index contributed by atoms with van der Waals surface area (Å²) < 4.78 is 4.38. The number of aryl methyl sites for hydroxylation is 2. The molecule has 0 radical (unpaired) electrons. The Morgan fingerprint density at radius 2 is 2.21 bits per heavy atom. The molecule has 7 heteroatoms. The Hall–Kier alpha value is -3.24. The molecular weight excluding hydrogens is 368 g/mol. The Kier molecular flexibility index (Phi) is 4.06. The number of pyridine rings is 1. The molecule has 0 saturated heterocycles. The van der Waals surface area contributed by atoms with E-state index in [9.17, 15) is 0 Å². The second-order valence-corrected chi connectivity index (χ2v) is 7.94. The zero-order chi connectivity index (χ0) is 19.1. The normalized spacial score (nSPS) is 15.9. The molecule has 0 unspecified atom stereocenters. The van der Waals surface area contributed by atoms with Crippen LogP contribution < -0.4 is 5.32 Å². The van der Waals surface area contributed by atoms with E-state index in [0.29, 0.717) is 5.56 Å². The molecule has 1 aliphatic carbocycles. The van der Waals surface area contributed by atoms with Gasteiger partial charge in [-0.15, -0.1) is 0 Å². The predicted molar refractivity (Wildman–Crippen MR) is 110 cm³/mol. The highest BCUT2D eigenvalue weighted by molar-refractivity contribution is 7.09. The second-order valence-electron chi connectivity index (χ2n) is 7.13. The lowest BCUT2D eigenvalue weighted by Gasteiger charge is -2.26. The Bertz CT molecular complexity index is 1220. The van der Waals surface area contributed by atoms with Crippen LogP contribution in [0.5, 0.6) is 0 Å². The van der Waals surface area contributed by atoms with Crippen LogP contribution in [0.25, 0.3) is 21.5 Å². The third-order valence-corrected chi connectivity index (χ3v) is 6.05. The number of aromatic nitrogens is 4. The molecule has 0 bridgehead atoms. The summed E-state index contributed by atoms with van der Waals surface area (Å²) in [5.74, 6) is 0. The van der Waals surface area contributed by atoms with Gasteiger partial charge < -0.3 is 5.32 Å². The van der Waals surface area contributed by atoms with Crippen LogP contribution in [0.4, 0.5) is 5.69 Å². The van der Waals surface area contributed by atoms with Crippen LogP contribution >= 0.6 is 11.5 Å². The summed E-state index contributed by atoms with van der Waals surface area (Å²) >= 11 is 1.47. The van der Waals surface area contributed by atoms with Crippen LogP contribution in [-0.2, 0) is 6.42 Å². The van der Waals surface area contributed by atoms with Gasteiger partial charge in [-0.1, -0.05) is 0 Å². The molecule has 4 aromatic rings. The molecule has 5 rings (SSSR count). The van der Waals surface area contributed by atoms with Crippen molar-refractivity contribution < 1.29 is 0 Å². The van der Waals surface area contributed by atoms with Crippen molar-refractivity contribution in [3.05, 3.63) is 59.0 Å². The quantitative estimate of drug-likeness (QED) is 0.530. The number of anilines is 1. The van der Waals surface area contributed by atoms with Crippen molar-refractivity contribution in [2.24, 2.45) is 0 Å². The van der Waals surface area contributed by atoms with E-state index < -0.39 is 0 Å². The first-order chi connectivity index (χ1) is 13.7. The van der Waals surface area contributed by atoms with Gasteiger partial charge in [0.05, 0.1) is 33.4 Å². The number of hydrogen-bond donors (Lipinski definition) is 2. The van der Waals surface area contributed by atoms with E-state index in [1.807, 2.05) is 13.0 Å². The third-order valence-electron chi connectivity index (χ3n) is 5.16. The molecule has 0 spiro atoms. The first-order valence-electron chi connectivity index (χ1n) is 9.28. The zero-order valence-corrected chi connectivity index (χ0v) is 16.2. The molecule has 0 amide bonds. The van der Waals surface area contributed by atoms with E-state index in [0.717, 1.165) is 57.8 Å². The monoisotopic (exact) mass is 386 g/mol. The van der Waals surface area contributed by atoms with Gasteiger partial charge in [0, 0.05) is 17.3 Å². The van der Waals surface area contributed by atoms with E-state index in [-0.39, 0.29) is 6.04 Å². The highest BCUT2D eigenvalue weighted by Gasteiger charge is 2.22. The van der Waals surface area contributed by atoms with Crippen LogP contribution in [0.2, 0.25) is 0 Å². The molecule has 1 aromatic carbocycles. The molecule has 3 aromatic heterocycles. The van der Waals surface area contributed by atoms with Crippen LogP contribution in [0.3, 0.4) is 0 Å². The minimum absolute atomic E-state index is 0.148. The number of aromatic amines is 1. The molecular formula is C21H18N6S. The lowest BCUT2D eigenvalue weighted by molar-refractivity contribution is 0.583. The summed E-state index contributed by atoms with van der Waals surface area (Å²) in [4.78, 5) is 5.64. The van der Waals surface area contributed by atoms with Gasteiger partial charge >= 0.3 is 0 Å². The van der Waals surface area contributed by atoms with Crippen molar-refractivity contribution >= 4 is 28.1 Å². The Morgan fingerprint density at radius 1 is 1.29 bits per heavy atom. The van der Waals surface area contributed by atoms with Crippen molar-refractivity contribution in [3.63, 3.8) is 0 Å². The number of hydrogen-bond acceptors (Lipinski definition) is 6. The minimum Gasteiger partial charge on any atom is -0.377 e. The molecule has 6 nitrogen and oxygen atoms in total. The number of nitriles is 1. The topological polar surface area (TPSA) is 90.3 Å². The number of nitrogens with zero attached hydrogens (tertiary/aromatic N) is 4. The number of nitrogens with one attached hydrogen (secondary N) is 2. The molecule has 0 saturated carbocycles. The summed E-state index contributed by atoms with van der Waals surface area (Å²) in [5.41, 5.74) is 6.84. The summed E-state index contributed by atoms with van der Waals surface area (Å²) in [6.07, 6.45) is 4.75. The number of fused-ring (bicyclic) bond motifs is 2. The maximum Gasteiger partial charge on any atom is 0.112 e. The highest BCUT2D eigenvalue weighted by Crippen LogP contribution is 2.34. The van der Waals surface area contributed by atoms with Crippen molar-refractivity contribution in [1.82, 2.24) is 19.6 Å². The van der Waals surface area contributed by atoms with Gasteiger partial charge in [0.25, 0.3) is 0 Å². The van der Waals surface area contributed by atoms with Gasteiger partial charge in [-0.25, -0.2) is 0 Å². The van der Waals surface area contributed by atoms with Gasteiger partial charge in [0.15, 0.2) is 0 Å². The summed E-state index contributed by atoms with van der Waals surface area (Å²) in [6.45, 7) is 1.99. The third kappa shape index (κ3) is 2.92. The lowest BCUT2D eigenvalue weighted by Crippen LogP contribution is -2.19. The van der Waals surface area contributed by atoms with Crippen molar-refractivity contribution in [2.45, 2.75) is 32.2 Å². The molecule has 138 valence electrons. The predicted octanol–water partition coefficient (Wildman–Crippen LogP) is 4.75. The maximum absolute atomic E-state index is 9.12. The van der Waals surface area contributed by atoms with Gasteiger partial charge in [-0.3, -0.25) is 10.1 Å². The maximum atomic E-state index is 9.12. The Morgan fingerprint density at radius 3 is 3.04 bits per heavy atom. The van der Waals surface area contributed by atoms with E-state index >= 15 is 0 Å². The molecule has 28 heavy (non-hydrogen) atoms. The van der Waals surface area contributed by atoms with Crippen LogP contribution in [0, 0.1) is 18.3 Å². The van der Waals surface area contributed by atoms with E-state index in [1.165, 1.54) is 17.1 Å². The first kappa shape index (κ1) is 16.9. The average Bonchev–Trinajstić information content (AvgIpc) is 3.33. The summed E-state index contributed by atoms with van der Waals surface area (Å²) in [7, 11) is 0. The fourth-order valence-corrected chi connectivity index (χ4v) is 4.60. The van der Waals surface area contributed by atoms with Gasteiger partial charge in [0.1, 0.15) is 11.8 Å². The molecule has 3 heterocycles. The van der Waals surface area contributed by atoms with Crippen molar-refractivity contribution in [2.75, 3.05) is 5.32 Å². The van der Waals surface area contributed by atoms with E-state index in [2.05, 4.69) is 55.2 Å². The van der Waals surface area contributed by atoms with Gasteiger partial charge in [-0.2, -0.15) is 14.7 Å². The van der Waals surface area contributed by atoms with Gasteiger partial charge in [-0.05, 0) is 73.6 Å². The number of rotatable bonds is 3. The first-order valence-corrected chi connectivity index (χ1v) is 10.1. The van der Waals surface area contributed by atoms with Crippen molar-refractivity contribution in [3.8, 4) is 16.6 Å². The number of H-pyrrole nitrogens is 1. The zero-order valence-electron chi connectivity index (χ0n) is 15.4. The van der Waals surface area contributed by atoms with Crippen LogP contribution in [-0.4, -0.2) is 19.6 Å². The number of benzene rings is 1.